The largest absolute Gasteiger partial charge is 0.496 e. The predicted octanol–water partition coefficient (Wildman–Crippen LogP) is 4.33. The molecule has 1 unspecified atom stereocenters. The van der Waals surface area contributed by atoms with E-state index in [1.165, 1.54) is 0 Å². The first-order chi connectivity index (χ1) is 10.0. The number of ether oxygens (including phenoxy) is 1. The second-order valence-corrected chi connectivity index (χ2v) is 5.50. The van der Waals surface area contributed by atoms with Gasteiger partial charge in [-0.15, -0.1) is 0 Å². The van der Waals surface area contributed by atoms with Crippen molar-refractivity contribution in [2.24, 2.45) is 0 Å². The second kappa shape index (κ2) is 6.63. The van der Waals surface area contributed by atoms with Crippen molar-refractivity contribution in [2.75, 3.05) is 12.4 Å². The molecule has 0 aliphatic carbocycles. The Morgan fingerprint density at radius 1 is 1.29 bits per heavy atom. The van der Waals surface area contributed by atoms with E-state index in [-0.39, 0.29) is 11.6 Å². The first-order valence-electron chi connectivity index (χ1n) is 6.44. The summed E-state index contributed by atoms with van der Waals surface area (Å²) in [6.07, 6.45) is 0. The van der Waals surface area contributed by atoms with Crippen molar-refractivity contribution in [3.8, 4) is 5.75 Å². The number of hydrogen-bond acceptors (Lipinski definition) is 3. The summed E-state index contributed by atoms with van der Waals surface area (Å²) in [5.74, 6) is -0.155. The van der Waals surface area contributed by atoms with Crippen molar-refractivity contribution in [1.29, 1.82) is 0 Å². The van der Waals surface area contributed by atoms with Crippen LogP contribution in [0.5, 0.6) is 5.75 Å². The highest BCUT2D eigenvalue weighted by Gasteiger charge is 2.10. The number of rotatable bonds is 5. The number of halogens is 1. The SMILES string of the molecule is COc1ccc(C(C)Nc2cccc(C(=O)O)c2)cc1Br. The molecule has 5 heteroatoms. The van der Waals surface area contributed by atoms with Crippen LogP contribution in [-0.2, 0) is 0 Å². The van der Waals surface area contributed by atoms with Gasteiger partial charge in [-0.25, -0.2) is 4.79 Å². The van der Waals surface area contributed by atoms with Gasteiger partial charge in [0.25, 0.3) is 0 Å². The Labute approximate surface area is 131 Å². The molecule has 1 atom stereocenters. The number of carbonyl (C=O) groups is 1. The third-order valence-corrected chi connectivity index (χ3v) is 3.79. The van der Waals surface area contributed by atoms with E-state index in [4.69, 9.17) is 9.84 Å². The van der Waals surface area contributed by atoms with Gasteiger partial charge in [0, 0.05) is 11.7 Å². The summed E-state index contributed by atoms with van der Waals surface area (Å²) in [4.78, 5) is 11.0. The van der Waals surface area contributed by atoms with Crippen LogP contribution in [0.1, 0.15) is 28.9 Å². The van der Waals surface area contributed by atoms with Crippen LogP contribution in [0.4, 0.5) is 5.69 Å². The van der Waals surface area contributed by atoms with Crippen LogP contribution in [0.15, 0.2) is 46.9 Å². The molecule has 0 aliphatic heterocycles. The summed E-state index contributed by atoms with van der Waals surface area (Å²) in [6, 6.07) is 12.7. The molecule has 0 saturated heterocycles. The van der Waals surface area contributed by atoms with E-state index >= 15 is 0 Å². The summed E-state index contributed by atoms with van der Waals surface area (Å²) in [5.41, 5.74) is 2.11. The summed E-state index contributed by atoms with van der Waals surface area (Å²) >= 11 is 3.46. The predicted molar refractivity (Wildman–Crippen MR) is 86.1 cm³/mol. The van der Waals surface area contributed by atoms with Crippen LogP contribution < -0.4 is 10.1 Å². The van der Waals surface area contributed by atoms with Gasteiger partial charge in [-0.1, -0.05) is 12.1 Å². The molecule has 0 bridgehead atoms. The number of hydrogen-bond donors (Lipinski definition) is 2. The minimum Gasteiger partial charge on any atom is -0.496 e. The average molecular weight is 350 g/mol. The van der Waals surface area contributed by atoms with E-state index < -0.39 is 5.97 Å². The Kier molecular flexibility index (Phi) is 4.85. The zero-order chi connectivity index (χ0) is 15.4. The molecule has 110 valence electrons. The number of carboxylic acid groups (broad SMARTS) is 1. The van der Waals surface area contributed by atoms with Gasteiger partial charge in [0.05, 0.1) is 17.1 Å². The van der Waals surface area contributed by atoms with Crippen molar-refractivity contribution >= 4 is 27.6 Å². The Balaban J connectivity index is 2.17. The van der Waals surface area contributed by atoms with Gasteiger partial charge in [-0.2, -0.15) is 0 Å². The molecule has 0 aliphatic rings. The Hall–Kier alpha value is -2.01. The van der Waals surface area contributed by atoms with Crippen molar-refractivity contribution < 1.29 is 14.6 Å². The lowest BCUT2D eigenvalue weighted by Crippen LogP contribution is -2.07. The van der Waals surface area contributed by atoms with E-state index in [0.29, 0.717) is 0 Å². The molecule has 2 aromatic rings. The minimum atomic E-state index is -0.932. The van der Waals surface area contributed by atoms with Crippen LogP contribution in [0.2, 0.25) is 0 Å². The lowest BCUT2D eigenvalue weighted by Gasteiger charge is -2.17. The summed E-state index contributed by atoms with van der Waals surface area (Å²) in [6.45, 7) is 2.02. The van der Waals surface area contributed by atoms with Crippen LogP contribution in [-0.4, -0.2) is 18.2 Å². The van der Waals surface area contributed by atoms with E-state index in [1.807, 2.05) is 31.2 Å². The molecule has 0 fully saturated rings. The zero-order valence-corrected chi connectivity index (χ0v) is 13.3. The topological polar surface area (TPSA) is 58.6 Å². The molecule has 0 radical (unpaired) electrons. The fourth-order valence-corrected chi connectivity index (χ4v) is 2.59. The fourth-order valence-electron chi connectivity index (χ4n) is 2.03. The highest BCUT2D eigenvalue weighted by molar-refractivity contribution is 9.10. The monoisotopic (exact) mass is 349 g/mol. The van der Waals surface area contributed by atoms with Gasteiger partial charge < -0.3 is 15.2 Å². The lowest BCUT2D eigenvalue weighted by atomic mass is 10.1. The van der Waals surface area contributed by atoms with Crippen molar-refractivity contribution in [2.45, 2.75) is 13.0 Å². The van der Waals surface area contributed by atoms with Crippen LogP contribution in [0.3, 0.4) is 0 Å². The summed E-state index contributed by atoms with van der Waals surface area (Å²) in [5, 5.41) is 12.3. The van der Waals surface area contributed by atoms with Crippen molar-refractivity contribution in [3.05, 3.63) is 58.1 Å². The van der Waals surface area contributed by atoms with Gasteiger partial charge in [0.2, 0.25) is 0 Å². The van der Waals surface area contributed by atoms with Gasteiger partial charge in [-0.05, 0) is 58.7 Å². The molecule has 0 aromatic heterocycles. The molecule has 2 rings (SSSR count). The van der Waals surface area contributed by atoms with E-state index in [1.54, 1.807) is 25.3 Å². The molecule has 0 heterocycles. The van der Waals surface area contributed by atoms with Crippen LogP contribution >= 0.6 is 15.9 Å². The molecule has 2 N–H and O–H groups in total. The van der Waals surface area contributed by atoms with Gasteiger partial charge in [-0.3, -0.25) is 0 Å². The van der Waals surface area contributed by atoms with Gasteiger partial charge >= 0.3 is 5.97 Å². The quantitative estimate of drug-likeness (QED) is 0.843. The number of nitrogens with one attached hydrogen (secondary N) is 1. The van der Waals surface area contributed by atoms with Crippen LogP contribution in [0.25, 0.3) is 0 Å². The second-order valence-electron chi connectivity index (χ2n) is 4.65. The minimum absolute atomic E-state index is 0.0382. The maximum Gasteiger partial charge on any atom is 0.335 e. The van der Waals surface area contributed by atoms with E-state index in [2.05, 4.69) is 21.2 Å². The molecular formula is C16H16BrNO3. The molecule has 0 spiro atoms. The standard InChI is InChI=1S/C16H16BrNO3/c1-10(11-6-7-15(21-2)14(17)9-11)18-13-5-3-4-12(8-13)16(19)20/h3-10,18H,1-2H3,(H,19,20). The third-order valence-electron chi connectivity index (χ3n) is 3.17. The zero-order valence-electron chi connectivity index (χ0n) is 11.8. The number of aromatic carboxylic acids is 1. The first-order valence-corrected chi connectivity index (χ1v) is 7.24. The average Bonchev–Trinajstić information content (AvgIpc) is 2.47. The number of anilines is 1. The van der Waals surface area contributed by atoms with Crippen LogP contribution in [0, 0.1) is 0 Å². The van der Waals surface area contributed by atoms with Crippen molar-refractivity contribution in [1.82, 2.24) is 0 Å². The number of methoxy groups -OCH3 is 1. The molecule has 21 heavy (non-hydrogen) atoms. The molecule has 2 aromatic carbocycles. The summed E-state index contributed by atoms with van der Waals surface area (Å²) < 4.78 is 6.09. The van der Waals surface area contributed by atoms with E-state index in [0.717, 1.165) is 21.5 Å². The lowest BCUT2D eigenvalue weighted by molar-refractivity contribution is 0.0697. The maximum atomic E-state index is 11.0. The molecule has 0 saturated carbocycles. The highest BCUT2D eigenvalue weighted by Crippen LogP contribution is 2.29. The van der Waals surface area contributed by atoms with E-state index in [9.17, 15) is 4.79 Å². The maximum absolute atomic E-state index is 11.0. The highest BCUT2D eigenvalue weighted by atomic mass is 79.9. The number of benzene rings is 2. The summed E-state index contributed by atoms with van der Waals surface area (Å²) in [7, 11) is 1.62. The molecule has 0 amide bonds. The number of carboxylic acids is 1. The molecule has 4 nitrogen and oxygen atoms in total. The first kappa shape index (κ1) is 15.4. The van der Waals surface area contributed by atoms with Gasteiger partial charge in [0.15, 0.2) is 0 Å². The molecular weight excluding hydrogens is 334 g/mol. The third kappa shape index (κ3) is 3.76. The Bertz CT molecular complexity index is 658. The fraction of sp³-hybridized carbons (Fsp3) is 0.188. The normalized spacial score (nSPS) is 11.8. The Morgan fingerprint density at radius 2 is 2.05 bits per heavy atom. The smallest absolute Gasteiger partial charge is 0.335 e. The van der Waals surface area contributed by atoms with Gasteiger partial charge in [0.1, 0.15) is 5.75 Å². The Morgan fingerprint density at radius 3 is 2.67 bits per heavy atom. The van der Waals surface area contributed by atoms with Crippen molar-refractivity contribution in [3.63, 3.8) is 0 Å².